The summed E-state index contributed by atoms with van der Waals surface area (Å²) >= 11 is 1.61. The fourth-order valence-electron chi connectivity index (χ4n) is 3.61. The molecule has 3 rings (SSSR count). The summed E-state index contributed by atoms with van der Waals surface area (Å²) in [4.78, 5) is 30.8. The lowest BCUT2D eigenvalue weighted by molar-refractivity contribution is -0.135. The van der Waals surface area contributed by atoms with E-state index in [1.807, 2.05) is 6.07 Å². The molecular weight excluding hydrogens is 308 g/mol. The smallest absolute Gasteiger partial charge is 0.263 e. The van der Waals surface area contributed by atoms with Gasteiger partial charge in [0.25, 0.3) is 5.91 Å². The molecule has 1 aliphatic carbocycles. The Kier molecular flexibility index (Phi) is 5.05. The number of fused-ring (bicyclic) bond motifs is 1. The van der Waals surface area contributed by atoms with Gasteiger partial charge in [0.15, 0.2) is 0 Å². The summed E-state index contributed by atoms with van der Waals surface area (Å²) < 4.78 is 0. The molecule has 126 valence electrons. The normalized spacial score (nSPS) is 21.5. The van der Waals surface area contributed by atoms with Gasteiger partial charge >= 0.3 is 0 Å². The van der Waals surface area contributed by atoms with Crippen LogP contribution < -0.4 is 0 Å². The number of hydrogen-bond acceptors (Lipinski definition) is 3. The highest BCUT2D eigenvalue weighted by atomic mass is 32.1. The van der Waals surface area contributed by atoms with Crippen molar-refractivity contribution < 1.29 is 9.59 Å². The lowest BCUT2D eigenvalue weighted by atomic mass is 9.87. The van der Waals surface area contributed by atoms with Gasteiger partial charge in [-0.15, -0.1) is 11.3 Å². The summed E-state index contributed by atoms with van der Waals surface area (Å²) in [6.07, 6.45) is 7.46. The molecule has 0 aromatic carbocycles. The number of amides is 2. The second-order valence-corrected chi connectivity index (χ2v) is 8.07. The van der Waals surface area contributed by atoms with Crippen molar-refractivity contribution in [3.63, 3.8) is 0 Å². The lowest BCUT2D eigenvalue weighted by Gasteiger charge is -2.28. The molecule has 4 nitrogen and oxygen atoms in total. The first kappa shape index (κ1) is 16.5. The molecule has 1 saturated heterocycles. The van der Waals surface area contributed by atoms with Crippen LogP contribution in [0, 0.1) is 5.92 Å². The van der Waals surface area contributed by atoms with Crippen molar-refractivity contribution in [1.29, 1.82) is 0 Å². The van der Waals surface area contributed by atoms with Crippen molar-refractivity contribution in [2.75, 3.05) is 27.2 Å². The number of likely N-dealkylation sites (tertiary alicyclic amines) is 1. The molecule has 23 heavy (non-hydrogen) atoms. The van der Waals surface area contributed by atoms with Crippen molar-refractivity contribution in [2.24, 2.45) is 5.92 Å². The molecule has 1 aliphatic heterocycles. The maximum absolute atomic E-state index is 12.8. The van der Waals surface area contributed by atoms with Crippen molar-refractivity contribution in [3.05, 3.63) is 21.4 Å². The summed E-state index contributed by atoms with van der Waals surface area (Å²) in [5.74, 6) is 0.515. The molecule has 1 fully saturated rings. The van der Waals surface area contributed by atoms with E-state index in [1.165, 1.54) is 23.3 Å². The third-order valence-corrected chi connectivity index (χ3v) is 6.19. The zero-order chi connectivity index (χ0) is 16.4. The van der Waals surface area contributed by atoms with Gasteiger partial charge in [-0.2, -0.15) is 0 Å². The number of hydrogen-bond donors (Lipinski definition) is 0. The number of thiophene rings is 1. The Morgan fingerprint density at radius 2 is 1.87 bits per heavy atom. The van der Waals surface area contributed by atoms with Gasteiger partial charge in [0, 0.05) is 38.0 Å². The van der Waals surface area contributed by atoms with Crippen LogP contribution in [0.3, 0.4) is 0 Å². The van der Waals surface area contributed by atoms with Gasteiger partial charge in [0.05, 0.1) is 4.88 Å². The molecule has 1 aromatic heterocycles. The fourth-order valence-corrected chi connectivity index (χ4v) is 4.84. The van der Waals surface area contributed by atoms with Crippen LogP contribution in [0.25, 0.3) is 0 Å². The first-order valence-corrected chi connectivity index (χ1v) is 9.50. The largest absolute Gasteiger partial charge is 0.344 e. The predicted octanol–water partition coefficient (Wildman–Crippen LogP) is 2.96. The van der Waals surface area contributed by atoms with Gasteiger partial charge in [0.1, 0.15) is 0 Å². The van der Waals surface area contributed by atoms with Crippen molar-refractivity contribution in [2.45, 2.75) is 44.9 Å². The van der Waals surface area contributed by atoms with E-state index in [0.29, 0.717) is 5.91 Å². The van der Waals surface area contributed by atoms with Crippen LogP contribution in [0.1, 0.15) is 52.2 Å². The highest BCUT2D eigenvalue weighted by molar-refractivity contribution is 7.14. The number of carbonyl (C=O) groups excluding carboxylic acids is 2. The Balaban J connectivity index is 1.69. The monoisotopic (exact) mass is 334 g/mol. The Labute approximate surface area is 142 Å². The first-order valence-electron chi connectivity index (χ1n) is 8.68. The highest BCUT2D eigenvalue weighted by Gasteiger charge is 2.30. The number of rotatable bonds is 2. The van der Waals surface area contributed by atoms with E-state index in [1.54, 1.807) is 30.3 Å². The van der Waals surface area contributed by atoms with Gasteiger partial charge in [-0.05, 0) is 43.7 Å². The standard InChI is InChI=1S/C18H26N2O2S/c1-19(2)18(22)16-12-14-11-13(7-8-15(14)23-16)17(21)20-9-5-3-4-6-10-20/h12-13H,3-11H2,1-2H3. The second-order valence-electron chi connectivity index (χ2n) is 6.94. The molecule has 1 atom stereocenters. The topological polar surface area (TPSA) is 40.6 Å². The number of carbonyl (C=O) groups is 2. The summed E-state index contributed by atoms with van der Waals surface area (Å²) in [6, 6.07) is 2.02. The molecule has 0 radical (unpaired) electrons. The van der Waals surface area contributed by atoms with Gasteiger partial charge in [0.2, 0.25) is 5.91 Å². The van der Waals surface area contributed by atoms with Crippen molar-refractivity contribution >= 4 is 23.2 Å². The fraction of sp³-hybridized carbons (Fsp3) is 0.667. The zero-order valence-electron chi connectivity index (χ0n) is 14.1. The average Bonchev–Trinajstić information content (AvgIpc) is 2.77. The Morgan fingerprint density at radius 1 is 1.17 bits per heavy atom. The molecule has 1 aromatic rings. The van der Waals surface area contributed by atoms with Crippen LogP contribution in [0.4, 0.5) is 0 Å². The molecule has 2 aliphatic rings. The quantitative estimate of drug-likeness (QED) is 0.834. The minimum Gasteiger partial charge on any atom is -0.344 e. The van der Waals surface area contributed by atoms with E-state index in [-0.39, 0.29) is 11.8 Å². The van der Waals surface area contributed by atoms with Crippen LogP contribution in [-0.2, 0) is 17.6 Å². The van der Waals surface area contributed by atoms with Gasteiger partial charge in [-0.1, -0.05) is 12.8 Å². The van der Waals surface area contributed by atoms with E-state index in [9.17, 15) is 9.59 Å². The van der Waals surface area contributed by atoms with Crippen LogP contribution >= 0.6 is 11.3 Å². The van der Waals surface area contributed by atoms with Crippen LogP contribution in [-0.4, -0.2) is 48.8 Å². The van der Waals surface area contributed by atoms with Gasteiger partial charge in [-0.25, -0.2) is 0 Å². The first-order chi connectivity index (χ1) is 11.1. The molecule has 0 N–H and O–H groups in total. The molecule has 2 heterocycles. The Bertz CT molecular complexity index is 586. The zero-order valence-corrected chi connectivity index (χ0v) is 15.0. The summed E-state index contributed by atoms with van der Waals surface area (Å²) in [6.45, 7) is 1.85. The molecule has 2 amide bonds. The lowest BCUT2D eigenvalue weighted by Crippen LogP contribution is -2.38. The Morgan fingerprint density at radius 3 is 2.52 bits per heavy atom. The summed E-state index contributed by atoms with van der Waals surface area (Å²) in [7, 11) is 3.57. The van der Waals surface area contributed by atoms with E-state index < -0.39 is 0 Å². The SMILES string of the molecule is CN(C)C(=O)c1cc2c(s1)CCC(C(=O)N1CCCCCC1)C2. The summed E-state index contributed by atoms with van der Waals surface area (Å²) in [5, 5.41) is 0. The molecular formula is C18H26N2O2S. The molecule has 0 saturated carbocycles. The molecule has 1 unspecified atom stereocenters. The van der Waals surface area contributed by atoms with Crippen molar-refractivity contribution in [3.8, 4) is 0 Å². The van der Waals surface area contributed by atoms with E-state index in [4.69, 9.17) is 0 Å². The van der Waals surface area contributed by atoms with Gasteiger partial charge in [-0.3, -0.25) is 9.59 Å². The van der Waals surface area contributed by atoms with Crippen molar-refractivity contribution in [1.82, 2.24) is 9.80 Å². The van der Waals surface area contributed by atoms with Gasteiger partial charge < -0.3 is 9.80 Å². The maximum Gasteiger partial charge on any atom is 0.263 e. The minimum absolute atomic E-state index is 0.0693. The Hall–Kier alpha value is -1.36. The highest BCUT2D eigenvalue weighted by Crippen LogP contribution is 2.33. The molecule has 0 bridgehead atoms. The van der Waals surface area contributed by atoms with E-state index >= 15 is 0 Å². The molecule has 5 heteroatoms. The van der Waals surface area contributed by atoms with Crippen LogP contribution in [0.2, 0.25) is 0 Å². The van der Waals surface area contributed by atoms with E-state index in [0.717, 1.165) is 50.1 Å². The second kappa shape index (κ2) is 7.04. The predicted molar refractivity (Wildman–Crippen MR) is 92.9 cm³/mol. The van der Waals surface area contributed by atoms with Crippen LogP contribution in [0.5, 0.6) is 0 Å². The van der Waals surface area contributed by atoms with Crippen LogP contribution in [0.15, 0.2) is 6.07 Å². The third kappa shape index (κ3) is 3.60. The maximum atomic E-state index is 12.8. The summed E-state index contributed by atoms with van der Waals surface area (Å²) in [5.41, 5.74) is 1.22. The molecule has 0 spiro atoms. The number of nitrogens with zero attached hydrogens (tertiary/aromatic N) is 2. The number of aryl methyl sites for hydroxylation is 1. The van der Waals surface area contributed by atoms with E-state index in [2.05, 4.69) is 4.90 Å². The third-order valence-electron chi connectivity index (χ3n) is 4.97. The minimum atomic E-state index is 0.0693. The average molecular weight is 334 g/mol.